The summed E-state index contributed by atoms with van der Waals surface area (Å²) in [5, 5.41) is 11.1. The largest absolute Gasteiger partial charge is 0.495 e. The number of methoxy groups -OCH3 is 1. The van der Waals surface area contributed by atoms with Crippen molar-refractivity contribution in [3.8, 4) is 17.2 Å². The van der Waals surface area contributed by atoms with Crippen molar-refractivity contribution in [3.05, 3.63) is 89.0 Å². The lowest BCUT2D eigenvalue weighted by Gasteiger charge is -2.17. The van der Waals surface area contributed by atoms with Gasteiger partial charge in [0.25, 0.3) is 5.22 Å². The summed E-state index contributed by atoms with van der Waals surface area (Å²) in [4.78, 5) is 13.4. The van der Waals surface area contributed by atoms with Gasteiger partial charge in [-0.25, -0.2) is 0 Å². The lowest BCUT2D eigenvalue weighted by Crippen LogP contribution is -2.19. The van der Waals surface area contributed by atoms with E-state index in [0.29, 0.717) is 22.6 Å². The number of benzene rings is 3. The average Bonchev–Trinajstić information content (AvgIpc) is 3.26. The van der Waals surface area contributed by atoms with Crippen LogP contribution in [-0.4, -0.2) is 23.2 Å². The molecule has 0 saturated carbocycles. The van der Waals surface area contributed by atoms with Gasteiger partial charge in [-0.1, -0.05) is 53.6 Å². The van der Waals surface area contributed by atoms with Gasteiger partial charge in [0.2, 0.25) is 11.8 Å². The maximum atomic E-state index is 13.4. The lowest BCUT2D eigenvalue weighted by molar-refractivity contribution is -0.115. The van der Waals surface area contributed by atoms with Gasteiger partial charge < -0.3 is 14.5 Å². The Kier molecular flexibility index (Phi) is 6.79. The number of nitrogens with one attached hydrogen (secondary N) is 1. The molecule has 3 aromatic carbocycles. The van der Waals surface area contributed by atoms with Crippen LogP contribution in [-0.2, 0) is 4.79 Å². The minimum atomic E-state index is -0.594. The van der Waals surface area contributed by atoms with Gasteiger partial charge >= 0.3 is 0 Å². The molecular formula is C26H25N3O3S. The van der Waals surface area contributed by atoms with Crippen LogP contribution in [0.4, 0.5) is 5.69 Å². The summed E-state index contributed by atoms with van der Waals surface area (Å²) >= 11 is 1.22. The number of aromatic nitrogens is 2. The predicted molar refractivity (Wildman–Crippen MR) is 131 cm³/mol. The van der Waals surface area contributed by atoms with Crippen LogP contribution in [0.15, 0.2) is 76.4 Å². The molecule has 1 N–H and O–H groups in total. The van der Waals surface area contributed by atoms with Crippen molar-refractivity contribution in [3.63, 3.8) is 0 Å². The molecule has 0 bridgehead atoms. The number of carbonyl (C=O) groups excluding carboxylic acids is 1. The fourth-order valence-corrected chi connectivity index (χ4v) is 4.47. The van der Waals surface area contributed by atoms with E-state index >= 15 is 0 Å². The van der Waals surface area contributed by atoms with Crippen molar-refractivity contribution in [1.29, 1.82) is 0 Å². The highest BCUT2D eigenvalue weighted by atomic mass is 32.2. The third-order valence-corrected chi connectivity index (χ3v) is 6.14. The van der Waals surface area contributed by atoms with Crippen molar-refractivity contribution in [2.75, 3.05) is 12.4 Å². The molecule has 7 heteroatoms. The summed E-state index contributed by atoms with van der Waals surface area (Å²) in [7, 11) is 1.58. The second kappa shape index (κ2) is 9.92. The smallest absolute Gasteiger partial charge is 0.277 e. The van der Waals surface area contributed by atoms with Crippen molar-refractivity contribution in [2.45, 2.75) is 31.2 Å². The first kappa shape index (κ1) is 22.6. The van der Waals surface area contributed by atoms with Crippen molar-refractivity contribution >= 4 is 23.4 Å². The summed E-state index contributed by atoms with van der Waals surface area (Å²) in [6.07, 6.45) is 0. The molecule has 0 saturated heterocycles. The number of aryl methyl sites for hydroxylation is 3. The molecular weight excluding hydrogens is 434 g/mol. The van der Waals surface area contributed by atoms with Crippen molar-refractivity contribution in [2.24, 2.45) is 0 Å². The average molecular weight is 460 g/mol. The Morgan fingerprint density at radius 3 is 2.36 bits per heavy atom. The number of carbonyl (C=O) groups is 1. The second-order valence-electron chi connectivity index (χ2n) is 7.85. The molecule has 1 atom stereocenters. The fourth-order valence-electron chi connectivity index (χ4n) is 3.59. The fraction of sp³-hybridized carbons (Fsp3) is 0.192. The highest BCUT2D eigenvalue weighted by molar-refractivity contribution is 8.00. The van der Waals surface area contributed by atoms with Gasteiger partial charge in [-0.05, 0) is 67.9 Å². The highest BCUT2D eigenvalue weighted by Crippen LogP contribution is 2.37. The number of hydrogen-bond donors (Lipinski definition) is 1. The Labute approximate surface area is 197 Å². The Morgan fingerprint density at radius 1 is 0.939 bits per heavy atom. The molecule has 33 heavy (non-hydrogen) atoms. The standard InChI is InChI=1S/C26H25N3O3S/c1-16-10-11-22(31-4)21(15-16)27-24(30)23(19-8-6-5-7-9-19)33-26-29-28-25(32-26)20-13-17(2)12-18(3)14-20/h5-15,23H,1-4H3,(H,27,30)/t23-/m1/s1. The van der Waals surface area contributed by atoms with Gasteiger partial charge in [0, 0.05) is 5.56 Å². The summed E-state index contributed by atoms with van der Waals surface area (Å²) in [5.74, 6) is 0.818. The Hall–Kier alpha value is -3.58. The minimum absolute atomic E-state index is 0.207. The summed E-state index contributed by atoms with van der Waals surface area (Å²) in [6, 6.07) is 21.3. The first-order valence-corrected chi connectivity index (χ1v) is 11.4. The van der Waals surface area contributed by atoms with E-state index in [1.54, 1.807) is 7.11 Å². The molecule has 4 rings (SSSR count). The zero-order chi connectivity index (χ0) is 23.4. The van der Waals surface area contributed by atoms with E-state index in [1.807, 2.05) is 81.4 Å². The minimum Gasteiger partial charge on any atom is -0.495 e. The predicted octanol–water partition coefficient (Wildman–Crippen LogP) is 6.14. The van der Waals surface area contributed by atoms with Crippen LogP contribution in [0.2, 0.25) is 0 Å². The van der Waals surface area contributed by atoms with Gasteiger partial charge in [0.05, 0.1) is 12.8 Å². The van der Waals surface area contributed by atoms with Crippen LogP contribution >= 0.6 is 11.8 Å². The molecule has 0 spiro atoms. The molecule has 0 aliphatic heterocycles. The van der Waals surface area contributed by atoms with E-state index in [4.69, 9.17) is 9.15 Å². The van der Waals surface area contributed by atoms with Crippen LogP contribution in [0.1, 0.15) is 27.5 Å². The number of ether oxygens (including phenoxy) is 1. The number of amides is 1. The third kappa shape index (κ3) is 5.43. The van der Waals surface area contributed by atoms with Gasteiger partial charge in [0.1, 0.15) is 11.0 Å². The maximum Gasteiger partial charge on any atom is 0.277 e. The van der Waals surface area contributed by atoms with Crippen LogP contribution in [0, 0.1) is 20.8 Å². The first-order chi connectivity index (χ1) is 15.9. The summed E-state index contributed by atoms with van der Waals surface area (Å²) < 4.78 is 11.3. The van der Waals surface area contributed by atoms with Gasteiger partial charge in [-0.15, -0.1) is 10.2 Å². The van der Waals surface area contributed by atoms with Crippen LogP contribution < -0.4 is 10.1 Å². The zero-order valence-electron chi connectivity index (χ0n) is 19.0. The molecule has 6 nitrogen and oxygen atoms in total. The van der Waals surface area contributed by atoms with Crippen molar-refractivity contribution in [1.82, 2.24) is 10.2 Å². The normalized spacial score (nSPS) is 11.8. The van der Waals surface area contributed by atoms with E-state index in [9.17, 15) is 4.79 Å². The number of hydrogen-bond acceptors (Lipinski definition) is 6. The molecule has 1 amide bonds. The lowest BCUT2D eigenvalue weighted by atomic mass is 10.1. The molecule has 0 radical (unpaired) electrons. The van der Waals surface area contributed by atoms with E-state index in [0.717, 1.165) is 27.8 Å². The number of rotatable bonds is 7. The number of thioether (sulfide) groups is 1. The van der Waals surface area contributed by atoms with E-state index < -0.39 is 5.25 Å². The quantitative estimate of drug-likeness (QED) is 0.334. The van der Waals surface area contributed by atoms with Crippen LogP contribution in [0.5, 0.6) is 5.75 Å². The topological polar surface area (TPSA) is 77.2 Å². The van der Waals surface area contributed by atoms with Crippen LogP contribution in [0.3, 0.4) is 0 Å². The number of anilines is 1. The molecule has 4 aromatic rings. The first-order valence-electron chi connectivity index (χ1n) is 10.5. The zero-order valence-corrected chi connectivity index (χ0v) is 19.8. The SMILES string of the molecule is COc1ccc(C)cc1NC(=O)[C@H](Sc1nnc(-c2cc(C)cc(C)c2)o1)c1ccccc1. The van der Waals surface area contributed by atoms with Gasteiger partial charge in [-0.2, -0.15) is 0 Å². The highest BCUT2D eigenvalue weighted by Gasteiger charge is 2.26. The van der Waals surface area contributed by atoms with Crippen LogP contribution in [0.25, 0.3) is 11.5 Å². The molecule has 0 aliphatic rings. The van der Waals surface area contributed by atoms with E-state index in [1.165, 1.54) is 11.8 Å². The monoisotopic (exact) mass is 459 g/mol. The number of nitrogens with zero attached hydrogens (tertiary/aromatic N) is 2. The molecule has 168 valence electrons. The molecule has 1 heterocycles. The maximum absolute atomic E-state index is 13.4. The Bertz CT molecular complexity index is 1250. The van der Waals surface area contributed by atoms with Crippen molar-refractivity contribution < 1.29 is 13.9 Å². The van der Waals surface area contributed by atoms with Gasteiger partial charge in [-0.3, -0.25) is 4.79 Å². The Balaban J connectivity index is 1.62. The van der Waals surface area contributed by atoms with E-state index in [2.05, 4.69) is 21.6 Å². The molecule has 0 aliphatic carbocycles. The Morgan fingerprint density at radius 2 is 1.67 bits per heavy atom. The third-order valence-electron chi connectivity index (χ3n) is 5.05. The van der Waals surface area contributed by atoms with E-state index in [-0.39, 0.29) is 5.91 Å². The molecule has 0 fully saturated rings. The molecule has 0 unspecified atom stereocenters. The molecule has 1 aromatic heterocycles. The summed E-state index contributed by atoms with van der Waals surface area (Å²) in [6.45, 7) is 6.02. The summed E-state index contributed by atoms with van der Waals surface area (Å²) in [5.41, 5.74) is 5.56. The van der Waals surface area contributed by atoms with Gasteiger partial charge in [0.15, 0.2) is 0 Å². The second-order valence-corrected chi connectivity index (χ2v) is 8.91.